The van der Waals surface area contributed by atoms with E-state index in [-0.39, 0.29) is 0 Å². The molecular weight excluding hydrogens is 318 g/mol. The highest BCUT2D eigenvalue weighted by Gasteiger charge is 2.10. The van der Waals surface area contributed by atoms with Gasteiger partial charge in [-0.25, -0.2) is 0 Å². The Morgan fingerprint density at radius 3 is 2.81 bits per heavy atom. The van der Waals surface area contributed by atoms with Gasteiger partial charge in [-0.3, -0.25) is 0 Å². The fraction of sp³-hybridized carbons (Fsp3) is 0.412. The maximum absolute atomic E-state index is 6.23. The third-order valence-corrected chi connectivity index (χ3v) is 5.89. The SMILES string of the molecule is CCCNC(CCc1cccs1)CSc1ccccc1Cl. The Balaban J connectivity index is 1.85. The molecule has 1 heterocycles. The summed E-state index contributed by atoms with van der Waals surface area (Å²) < 4.78 is 0. The lowest BCUT2D eigenvalue weighted by Crippen LogP contribution is -2.32. The molecule has 0 aliphatic carbocycles. The van der Waals surface area contributed by atoms with Gasteiger partial charge in [-0.15, -0.1) is 23.1 Å². The molecule has 1 nitrogen and oxygen atoms in total. The Kier molecular flexibility index (Phi) is 7.65. The van der Waals surface area contributed by atoms with Gasteiger partial charge in [0.25, 0.3) is 0 Å². The number of hydrogen-bond acceptors (Lipinski definition) is 3. The van der Waals surface area contributed by atoms with E-state index in [0.717, 1.165) is 23.7 Å². The Morgan fingerprint density at radius 2 is 2.10 bits per heavy atom. The van der Waals surface area contributed by atoms with Crippen molar-refractivity contribution in [1.82, 2.24) is 5.32 Å². The van der Waals surface area contributed by atoms with Gasteiger partial charge in [-0.2, -0.15) is 0 Å². The van der Waals surface area contributed by atoms with E-state index >= 15 is 0 Å². The van der Waals surface area contributed by atoms with E-state index in [1.54, 1.807) is 0 Å². The summed E-state index contributed by atoms with van der Waals surface area (Å²) in [6.45, 7) is 3.29. The van der Waals surface area contributed by atoms with Crippen LogP contribution >= 0.6 is 34.7 Å². The molecule has 2 rings (SSSR count). The zero-order valence-corrected chi connectivity index (χ0v) is 14.7. The van der Waals surface area contributed by atoms with Crippen molar-refractivity contribution < 1.29 is 0 Å². The molecule has 0 aliphatic rings. The van der Waals surface area contributed by atoms with E-state index in [0.29, 0.717) is 6.04 Å². The number of halogens is 1. The van der Waals surface area contributed by atoms with Gasteiger partial charge in [0.05, 0.1) is 5.02 Å². The fourth-order valence-electron chi connectivity index (χ4n) is 2.12. The number of benzene rings is 1. The summed E-state index contributed by atoms with van der Waals surface area (Å²) in [5.41, 5.74) is 0. The van der Waals surface area contributed by atoms with Crippen molar-refractivity contribution in [2.45, 2.75) is 37.1 Å². The van der Waals surface area contributed by atoms with E-state index in [9.17, 15) is 0 Å². The number of hydrogen-bond donors (Lipinski definition) is 1. The molecule has 2 aromatic rings. The van der Waals surface area contributed by atoms with Gasteiger partial charge in [0, 0.05) is 21.6 Å². The Bertz CT molecular complexity index is 513. The molecule has 0 fully saturated rings. The summed E-state index contributed by atoms with van der Waals surface area (Å²) >= 11 is 9.93. The molecule has 0 aliphatic heterocycles. The lowest BCUT2D eigenvalue weighted by Gasteiger charge is -2.18. The predicted molar refractivity (Wildman–Crippen MR) is 96.9 cm³/mol. The number of thiophene rings is 1. The van der Waals surface area contributed by atoms with Crippen LogP contribution in [0.25, 0.3) is 0 Å². The van der Waals surface area contributed by atoms with E-state index in [1.807, 2.05) is 41.3 Å². The van der Waals surface area contributed by atoms with Crippen molar-refractivity contribution in [3.8, 4) is 0 Å². The summed E-state index contributed by atoms with van der Waals surface area (Å²) in [5.74, 6) is 1.06. The quantitative estimate of drug-likeness (QED) is 0.606. The molecule has 1 unspecified atom stereocenters. The second-order valence-electron chi connectivity index (χ2n) is 5.01. The normalized spacial score (nSPS) is 12.5. The van der Waals surface area contributed by atoms with Crippen LogP contribution in [0.3, 0.4) is 0 Å². The molecule has 0 saturated carbocycles. The maximum atomic E-state index is 6.23. The first-order chi connectivity index (χ1) is 10.3. The topological polar surface area (TPSA) is 12.0 Å². The van der Waals surface area contributed by atoms with Crippen LogP contribution in [0.4, 0.5) is 0 Å². The second-order valence-corrected chi connectivity index (χ2v) is 7.51. The van der Waals surface area contributed by atoms with E-state index in [2.05, 4.69) is 35.8 Å². The predicted octanol–water partition coefficient (Wildman–Crippen LogP) is 5.49. The van der Waals surface area contributed by atoms with Crippen LogP contribution in [0.2, 0.25) is 5.02 Å². The smallest absolute Gasteiger partial charge is 0.0541 e. The Morgan fingerprint density at radius 1 is 1.24 bits per heavy atom. The van der Waals surface area contributed by atoms with Crippen LogP contribution in [0.15, 0.2) is 46.7 Å². The minimum absolute atomic E-state index is 0.535. The first kappa shape index (κ1) is 16.9. The van der Waals surface area contributed by atoms with Crippen molar-refractivity contribution in [1.29, 1.82) is 0 Å². The first-order valence-electron chi connectivity index (χ1n) is 7.42. The molecule has 0 saturated heterocycles. The second kappa shape index (κ2) is 9.52. The fourth-order valence-corrected chi connectivity index (χ4v) is 4.19. The van der Waals surface area contributed by atoms with Crippen molar-refractivity contribution in [2.75, 3.05) is 12.3 Å². The summed E-state index contributed by atoms with van der Waals surface area (Å²) in [6, 6.07) is 13.0. The molecule has 0 bridgehead atoms. The highest BCUT2D eigenvalue weighted by atomic mass is 35.5. The summed E-state index contributed by atoms with van der Waals surface area (Å²) in [7, 11) is 0. The van der Waals surface area contributed by atoms with Crippen molar-refractivity contribution in [3.05, 3.63) is 51.7 Å². The average molecular weight is 340 g/mol. The molecule has 21 heavy (non-hydrogen) atoms. The number of nitrogens with one attached hydrogen (secondary N) is 1. The lowest BCUT2D eigenvalue weighted by atomic mass is 10.1. The molecule has 1 aromatic carbocycles. The van der Waals surface area contributed by atoms with Crippen LogP contribution in [-0.4, -0.2) is 18.3 Å². The molecule has 1 aromatic heterocycles. The molecule has 1 N–H and O–H groups in total. The van der Waals surface area contributed by atoms with Gasteiger partial charge in [-0.1, -0.05) is 36.7 Å². The van der Waals surface area contributed by atoms with Crippen molar-refractivity contribution in [3.63, 3.8) is 0 Å². The van der Waals surface area contributed by atoms with Gasteiger partial charge in [0.15, 0.2) is 0 Å². The average Bonchev–Trinajstić information content (AvgIpc) is 3.01. The third-order valence-electron chi connectivity index (χ3n) is 3.28. The van der Waals surface area contributed by atoms with Crippen LogP contribution in [0.5, 0.6) is 0 Å². The zero-order valence-electron chi connectivity index (χ0n) is 12.3. The van der Waals surface area contributed by atoms with Crippen LogP contribution in [0, 0.1) is 0 Å². The van der Waals surface area contributed by atoms with Crippen LogP contribution in [0.1, 0.15) is 24.6 Å². The number of rotatable bonds is 9. The van der Waals surface area contributed by atoms with Crippen molar-refractivity contribution >= 4 is 34.7 Å². The standard InChI is InChI=1S/C17H22ClNS2/c1-2-11-19-14(9-10-15-6-5-12-20-15)13-21-17-8-4-3-7-16(17)18/h3-8,12,14,19H,2,9-11,13H2,1H3. The lowest BCUT2D eigenvalue weighted by molar-refractivity contribution is 0.521. The van der Waals surface area contributed by atoms with E-state index < -0.39 is 0 Å². The number of aryl methyl sites for hydroxylation is 1. The summed E-state index contributed by atoms with van der Waals surface area (Å²) in [5, 5.41) is 6.67. The number of thioether (sulfide) groups is 1. The minimum atomic E-state index is 0.535. The van der Waals surface area contributed by atoms with Gasteiger partial charge in [0.1, 0.15) is 0 Å². The molecule has 1 atom stereocenters. The molecule has 4 heteroatoms. The van der Waals surface area contributed by atoms with Crippen molar-refractivity contribution in [2.24, 2.45) is 0 Å². The zero-order chi connectivity index (χ0) is 14.9. The Labute approximate surface area is 141 Å². The van der Waals surface area contributed by atoms with Gasteiger partial charge in [-0.05, 0) is 49.4 Å². The first-order valence-corrected chi connectivity index (χ1v) is 9.67. The highest BCUT2D eigenvalue weighted by molar-refractivity contribution is 7.99. The van der Waals surface area contributed by atoms with E-state index in [4.69, 9.17) is 11.6 Å². The highest BCUT2D eigenvalue weighted by Crippen LogP contribution is 2.27. The maximum Gasteiger partial charge on any atom is 0.0541 e. The third kappa shape index (κ3) is 6.03. The summed E-state index contributed by atoms with van der Waals surface area (Å²) in [6.07, 6.45) is 3.51. The van der Waals surface area contributed by atoms with Gasteiger partial charge < -0.3 is 5.32 Å². The molecule has 0 amide bonds. The van der Waals surface area contributed by atoms with Gasteiger partial charge >= 0.3 is 0 Å². The molecule has 0 spiro atoms. The largest absolute Gasteiger partial charge is 0.313 e. The van der Waals surface area contributed by atoms with Crippen LogP contribution < -0.4 is 5.32 Å². The monoisotopic (exact) mass is 339 g/mol. The Hall–Kier alpha value is -0.480. The van der Waals surface area contributed by atoms with Crippen LogP contribution in [-0.2, 0) is 6.42 Å². The van der Waals surface area contributed by atoms with E-state index in [1.165, 1.54) is 22.6 Å². The molecule has 114 valence electrons. The minimum Gasteiger partial charge on any atom is -0.313 e. The molecular formula is C17H22ClNS2. The molecule has 0 radical (unpaired) electrons. The van der Waals surface area contributed by atoms with Gasteiger partial charge in [0.2, 0.25) is 0 Å². The summed E-state index contributed by atoms with van der Waals surface area (Å²) in [4.78, 5) is 2.65.